The van der Waals surface area contributed by atoms with E-state index in [1.165, 1.54) is 11.8 Å². The predicted octanol–water partition coefficient (Wildman–Crippen LogP) is 3.60. The predicted molar refractivity (Wildman–Crippen MR) is 112 cm³/mol. The van der Waals surface area contributed by atoms with E-state index in [1.54, 1.807) is 0 Å². The highest BCUT2D eigenvalue weighted by Crippen LogP contribution is 2.29. The Balaban J connectivity index is 2.03. The summed E-state index contributed by atoms with van der Waals surface area (Å²) in [4.78, 5) is 22.6. The molecule has 7 nitrogen and oxygen atoms in total. The fraction of sp³-hybridized carbons (Fsp3) is 0.158. The van der Waals surface area contributed by atoms with Crippen LogP contribution in [0.3, 0.4) is 0 Å². The molecule has 3 N–H and O–H groups in total. The number of nitrogens with zero attached hydrogens (tertiary/aromatic N) is 3. The number of aryl methyl sites for hydroxylation is 2. The Hall–Kier alpha value is -2.65. The highest BCUT2D eigenvalue weighted by molar-refractivity contribution is 9.10. The highest BCUT2D eigenvalue weighted by Gasteiger charge is 2.18. The summed E-state index contributed by atoms with van der Waals surface area (Å²) in [6.45, 7) is 4.04. The maximum atomic E-state index is 11.8. The van der Waals surface area contributed by atoms with Crippen molar-refractivity contribution in [3.63, 3.8) is 0 Å². The fourth-order valence-corrected chi connectivity index (χ4v) is 3.78. The summed E-state index contributed by atoms with van der Waals surface area (Å²) < 4.78 is 2.87. The van der Waals surface area contributed by atoms with E-state index in [0.717, 1.165) is 26.9 Å². The van der Waals surface area contributed by atoms with Crippen LogP contribution in [0.4, 0.5) is 4.79 Å². The normalized spacial score (nSPS) is 10.7. The molecule has 144 valence electrons. The van der Waals surface area contributed by atoms with Crippen LogP contribution in [0.15, 0.2) is 52.1 Å². The van der Waals surface area contributed by atoms with Gasteiger partial charge in [0.1, 0.15) is 0 Å². The summed E-state index contributed by atoms with van der Waals surface area (Å²) in [7, 11) is 0. The van der Waals surface area contributed by atoms with E-state index >= 15 is 0 Å². The van der Waals surface area contributed by atoms with Gasteiger partial charge in [0, 0.05) is 10.0 Å². The largest absolute Gasteiger partial charge is 0.351 e. The van der Waals surface area contributed by atoms with Crippen molar-refractivity contribution in [2.24, 2.45) is 5.73 Å². The van der Waals surface area contributed by atoms with Crippen LogP contribution in [0, 0.1) is 13.8 Å². The Morgan fingerprint density at radius 3 is 2.36 bits per heavy atom. The lowest BCUT2D eigenvalue weighted by molar-refractivity contribution is -0.117. The molecule has 0 fully saturated rings. The van der Waals surface area contributed by atoms with Crippen LogP contribution < -0.4 is 11.1 Å². The molecule has 0 unspecified atom stereocenters. The number of primary amides is 1. The molecule has 0 aliphatic rings. The number of hydrogen-bond acceptors (Lipinski definition) is 5. The van der Waals surface area contributed by atoms with Gasteiger partial charge < -0.3 is 5.73 Å². The maximum Gasteiger partial charge on any atom is 0.318 e. The number of rotatable bonds is 5. The van der Waals surface area contributed by atoms with Gasteiger partial charge in [-0.05, 0) is 49.2 Å². The molecule has 0 saturated carbocycles. The fourth-order valence-electron chi connectivity index (χ4n) is 2.77. The first-order valence-corrected chi connectivity index (χ1v) is 10.1. The molecule has 9 heteroatoms. The van der Waals surface area contributed by atoms with Gasteiger partial charge in [-0.2, -0.15) is 0 Å². The molecule has 3 rings (SSSR count). The van der Waals surface area contributed by atoms with E-state index in [2.05, 4.69) is 37.5 Å². The number of thioether (sulfide) groups is 1. The number of halogens is 1. The number of benzene rings is 2. The number of amides is 3. The lowest BCUT2D eigenvalue weighted by atomic mass is 10.1. The molecule has 0 bridgehead atoms. The average molecular weight is 460 g/mol. The monoisotopic (exact) mass is 459 g/mol. The molecule has 1 heterocycles. The first kappa shape index (κ1) is 20.1. The van der Waals surface area contributed by atoms with Crippen LogP contribution in [0.2, 0.25) is 0 Å². The molecule has 1 aromatic heterocycles. The first-order chi connectivity index (χ1) is 13.3. The zero-order valence-electron chi connectivity index (χ0n) is 15.3. The molecule has 0 saturated heterocycles. The standard InChI is InChI=1S/C19H18BrN5O2S/c1-11-7-12(2)9-15(8-11)25-17(13-3-5-14(20)6-4-13)23-24-19(25)28-10-16(26)22-18(21)27/h3-9H,10H2,1-2H3,(H3,21,22,26,27). The van der Waals surface area contributed by atoms with Gasteiger partial charge in [0.15, 0.2) is 11.0 Å². The Morgan fingerprint density at radius 2 is 1.75 bits per heavy atom. The van der Waals surface area contributed by atoms with Crippen molar-refractivity contribution in [1.82, 2.24) is 20.1 Å². The number of hydrogen-bond donors (Lipinski definition) is 2. The van der Waals surface area contributed by atoms with E-state index in [-0.39, 0.29) is 5.75 Å². The van der Waals surface area contributed by atoms with Crippen LogP contribution in [-0.2, 0) is 4.79 Å². The summed E-state index contributed by atoms with van der Waals surface area (Å²) in [6, 6.07) is 13.0. The van der Waals surface area contributed by atoms with Crippen LogP contribution in [0.1, 0.15) is 11.1 Å². The Bertz CT molecular complexity index is 1010. The smallest absolute Gasteiger partial charge is 0.318 e. The second kappa shape index (κ2) is 8.57. The number of nitrogens with two attached hydrogens (primary N) is 1. The second-order valence-corrected chi connectivity index (χ2v) is 8.05. The number of carbonyl (C=O) groups is 2. The topological polar surface area (TPSA) is 103 Å². The number of nitrogens with one attached hydrogen (secondary N) is 1. The van der Waals surface area contributed by atoms with Crippen LogP contribution in [0.5, 0.6) is 0 Å². The SMILES string of the molecule is Cc1cc(C)cc(-n2c(SCC(=O)NC(N)=O)nnc2-c2ccc(Br)cc2)c1. The molecule has 0 aliphatic carbocycles. The summed E-state index contributed by atoms with van der Waals surface area (Å²) >= 11 is 4.62. The number of urea groups is 1. The second-order valence-electron chi connectivity index (χ2n) is 6.20. The third-order valence-corrected chi connectivity index (χ3v) is 5.25. The van der Waals surface area contributed by atoms with Crippen molar-refractivity contribution >= 4 is 39.6 Å². The van der Waals surface area contributed by atoms with E-state index in [0.29, 0.717) is 11.0 Å². The van der Waals surface area contributed by atoms with E-state index in [4.69, 9.17) is 5.73 Å². The van der Waals surface area contributed by atoms with Gasteiger partial charge in [-0.15, -0.1) is 10.2 Å². The van der Waals surface area contributed by atoms with Crippen molar-refractivity contribution in [2.45, 2.75) is 19.0 Å². The molecule has 0 spiro atoms. The van der Waals surface area contributed by atoms with Gasteiger partial charge in [0.25, 0.3) is 0 Å². The summed E-state index contributed by atoms with van der Waals surface area (Å²) in [5.74, 6) is 0.166. The van der Waals surface area contributed by atoms with Gasteiger partial charge >= 0.3 is 6.03 Å². The zero-order chi connectivity index (χ0) is 20.3. The van der Waals surface area contributed by atoms with Gasteiger partial charge in [0.2, 0.25) is 5.91 Å². The van der Waals surface area contributed by atoms with Crippen molar-refractivity contribution < 1.29 is 9.59 Å². The molecule has 2 aromatic carbocycles. The van der Waals surface area contributed by atoms with E-state index in [1.807, 2.05) is 54.8 Å². The Kier molecular flexibility index (Phi) is 6.15. The minimum atomic E-state index is -0.878. The van der Waals surface area contributed by atoms with Crippen molar-refractivity contribution in [3.8, 4) is 17.1 Å². The zero-order valence-corrected chi connectivity index (χ0v) is 17.7. The lowest BCUT2D eigenvalue weighted by Gasteiger charge is -2.12. The average Bonchev–Trinajstić information content (AvgIpc) is 3.03. The number of imide groups is 1. The van der Waals surface area contributed by atoms with Crippen LogP contribution in [-0.4, -0.2) is 32.5 Å². The molecule has 3 amide bonds. The Morgan fingerprint density at radius 1 is 1.11 bits per heavy atom. The van der Waals surface area contributed by atoms with Gasteiger partial charge in [-0.25, -0.2) is 4.79 Å². The third-order valence-electron chi connectivity index (χ3n) is 3.80. The number of carbonyl (C=O) groups excluding carboxylic acids is 2. The molecule has 0 radical (unpaired) electrons. The van der Waals surface area contributed by atoms with Crippen LogP contribution >= 0.6 is 27.7 Å². The van der Waals surface area contributed by atoms with Gasteiger partial charge in [-0.3, -0.25) is 14.7 Å². The van der Waals surface area contributed by atoms with Crippen molar-refractivity contribution in [1.29, 1.82) is 0 Å². The summed E-state index contributed by atoms with van der Waals surface area (Å²) in [5, 5.41) is 11.2. The van der Waals surface area contributed by atoms with E-state index < -0.39 is 11.9 Å². The van der Waals surface area contributed by atoms with Crippen molar-refractivity contribution in [2.75, 3.05) is 5.75 Å². The maximum absolute atomic E-state index is 11.8. The Labute approximate surface area is 174 Å². The molecule has 0 aliphatic heterocycles. The summed E-state index contributed by atoms with van der Waals surface area (Å²) in [5.41, 5.74) is 8.99. The molecular formula is C19H18BrN5O2S. The quantitative estimate of drug-likeness (QED) is 0.567. The molecule has 3 aromatic rings. The minimum Gasteiger partial charge on any atom is -0.351 e. The van der Waals surface area contributed by atoms with Gasteiger partial charge in [-0.1, -0.05) is 45.9 Å². The van der Waals surface area contributed by atoms with Crippen LogP contribution in [0.25, 0.3) is 17.1 Å². The van der Waals surface area contributed by atoms with Crippen molar-refractivity contribution in [3.05, 3.63) is 58.1 Å². The molecule has 0 atom stereocenters. The van der Waals surface area contributed by atoms with E-state index in [9.17, 15) is 9.59 Å². The summed E-state index contributed by atoms with van der Waals surface area (Å²) in [6.07, 6.45) is 0. The van der Waals surface area contributed by atoms with Gasteiger partial charge in [0.05, 0.1) is 11.4 Å². The number of aromatic nitrogens is 3. The first-order valence-electron chi connectivity index (χ1n) is 8.35. The lowest BCUT2D eigenvalue weighted by Crippen LogP contribution is -2.36. The highest BCUT2D eigenvalue weighted by atomic mass is 79.9. The molecular weight excluding hydrogens is 442 g/mol. The third kappa shape index (κ3) is 4.79. The molecule has 28 heavy (non-hydrogen) atoms. The minimum absolute atomic E-state index is 0.00773.